The minimum atomic E-state index is -0.410. The Bertz CT molecular complexity index is 556. The van der Waals surface area contributed by atoms with E-state index in [0.717, 1.165) is 32.5 Å². The molecule has 0 radical (unpaired) electrons. The van der Waals surface area contributed by atoms with Crippen LogP contribution in [0.25, 0.3) is 0 Å². The van der Waals surface area contributed by atoms with Crippen LogP contribution in [0.3, 0.4) is 0 Å². The number of nitro benzene ring substituents is 1. The van der Waals surface area contributed by atoms with Crippen molar-refractivity contribution in [1.29, 1.82) is 0 Å². The average Bonchev–Trinajstić information content (AvgIpc) is 3.05. The lowest BCUT2D eigenvalue weighted by atomic mass is 10.1. The van der Waals surface area contributed by atoms with E-state index in [1.807, 2.05) is 0 Å². The number of rotatable bonds is 6. The Labute approximate surface area is 129 Å². The van der Waals surface area contributed by atoms with E-state index in [9.17, 15) is 14.9 Å². The van der Waals surface area contributed by atoms with Crippen molar-refractivity contribution < 1.29 is 9.72 Å². The molecule has 7 nitrogen and oxygen atoms in total. The molecule has 1 aliphatic heterocycles. The molecular weight excluding hydrogens is 284 g/mol. The number of amides is 1. The minimum absolute atomic E-state index is 0.0125. The van der Waals surface area contributed by atoms with E-state index < -0.39 is 4.92 Å². The average molecular weight is 306 g/mol. The van der Waals surface area contributed by atoms with Gasteiger partial charge in [0.25, 0.3) is 11.6 Å². The molecule has 1 aromatic rings. The van der Waals surface area contributed by atoms with Crippen LogP contribution in [-0.4, -0.2) is 43.6 Å². The van der Waals surface area contributed by atoms with Gasteiger partial charge < -0.3 is 15.5 Å². The first-order chi connectivity index (χ1) is 10.6. The molecule has 7 heteroatoms. The quantitative estimate of drug-likeness (QED) is 0.615. The maximum atomic E-state index is 11.7. The molecule has 1 heterocycles. The predicted molar refractivity (Wildman–Crippen MR) is 85.4 cm³/mol. The molecule has 1 atom stereocenters. The Balaban J connectivity index is 2.42. The number of anilines is 1. The lowest BCUT2D eigenvalue weighted by Gasteiger charge is -2.30. The van der Waals surface area contributed by atoms with Crippen LogP contribution in [0.1, 0.15) is 30.1 Å². The summed E-state index contributed by atoms with van der Waals surface area (Å²) < 4.78 is 0. The number of hydrogen-bond acceptors (Lipinski definition) is 5. The van der Waals surface area contributed by atoms with Gasteiger partial charge in [-0.1, -0.05) is 6.92 Å². The lowest BCUT2D eigenvalue weighted by molar-refractivity contribution is -0.384. The molecular formula is C15H22N4O3. The van der Waals surface area contributed by atoms with E-state index in [1.165, 1.54) is 13.1 Å². The van der Waals surface area contributed by atoms with Gasteiger partial charge >= 0.3 is 0 Å². The zero-order valence-corrected chi connectivity index (χ0v) is 13.0. The van der Waals surface area contributed by atoms with Gasteiger partial charge in [-0.15, -0.1) is 0 Å². The highest BCUT2D eigenvalue weighted by Gasteiger charge is 2.28. The van der Waals surface area contributed by atoms with Gasteiger partial charge in [0.15, 0.2) is 0 Å². The number of benzene rings is 1. The fourth-order valence-corrected chi connectivity index (χ4v) is 2.84. The van der Waals surface area contributed by atoms with E-state index >= 15 is 0 Å². The molecule has 1 amide bonds. The monoisotopic (exact) mass is 306 g/mol. The van der Waals surface area contributed by atoms with Crippen LogP contribution in [-0.2, 0) is 0 Å². The Hall–Kier alpha value is -2.15. The number of nitro groups is 1. The highest BCUT2D eigenvalue weighted by molar-refractivity contribution is 5.95. The summed E-state index contributed by atoms with van der Waals surface area (Å²) in [6.07, 6.45) is 1.87. The summed E-state index contributed by atoms with van der Waals surface area (Å²) in [6.45, 7) is 4.57. The lowest BCUT2D eigenvalue weighted by Crippen LogP contribution is -2.38. The van der Waals surface area contributed by atoms with Crippen LogP contribution in [0.2, 0.25) is 0 Å². The molecule has 1 fully saturated rings. The van der Waals surface area contributed by atoms with Crippen molar-refractivity contribution in [3.05, 3.63) is 33.9 Å². The Morgan fingerprint density at radius 2 is 2.32 bits per heavy atom. The van der Waals surface area contributed by atoms with E-state index in [4.69, 9.17) is 0 Å². The van der Waals surface area contributed by atoms with Crippen LogP contribution in [0, 0.1) is 10.1 Å². The van der Waals surface area contributed by atoms with Gasteiger partial charge in [-0.3, -0.25) is 14.9 Å². The second-order valence-corrected chi connectivity index (χ2v) is 5.38. The molecule has 2 N–H and O–H groups in total. The molecule has 1 saturated heterocycles. The SMILES string of the molecule is CCCN(c1ccc(C(=O)NC)cc1[N+](=O)[O-])C1CCNC1. The summed E-state index contributed by atoms with van der Waals surface area (Å²) >= 11 is 0. The smallest absolute Gasteiger partial charge is 0.293 e. The summed E-state index contributed by atoms with van der Waals surface area (Å²) in [5.74, 6) is -0.320. The maximum absolute atomic E-state index is 11.7. The summed E-state index contributed by atoms with van der Waals surface area (Å²) in [4.78, 5) is 24.8. The number of carbonyl (C=O) groups excluding carboxylic acids is 1. The Morgan fingerprint density at radius 1 is 1.55 bits per heavy atom. The van der Waals surface area contributed by atoms with Gasteiger partial charge in [-0.2, -0.15) is 0 Å². The summed E-state index contributed by atoms with van der Waals surface area (Å²) in [7, 11) is 1.51. The zero-order chi connectivity index (χ0) is 16.1. The maximum Gasteiger partial charge on any atom is 0.293 e. The van der Waals surface area contributed by atoms with Gasteiger partial charge in [-0.25, -0.2) is 0 Å². The standard InChI is InChI=1S/C15H22N4O3/c1-3-8-18(12-6-7-17-10-12)13-5-4-11(15(20)16-2)9-14(13)19(21)22/h4-5,9,12,17H,3,6-8,10H2,1-2H3,(H,16,20). The van der Waals surface area contributed by atoms with Crippen molar-refractivity contribution >= 4 is 17.3 Å². The third-order valence-electron chi connectivity index (χ3n) is 3.91. The first-order valence-corrected chi connectivity index (χ1v) is 7.56. The molecule has 1 unspecified atom stereocenters. The first-order valence-electron chi connectivity index (χ1n) is 7.56. The van der Waals surface area contributed by atoms with Crippen LogP contribution in [0.5, 0.6) is 0 Å². The van der Waals surface area contributed by atoms with Gasteiger partial charge in [-0.05, 0) is 31.5 Å². The molecule has 1 aliphatic rings. The molecule has 0 aromatic heterocycles. The van der Waals surface area contributed by atoms with Gasteiger partial charge in [0, 0.05) is 37.8 Å². The molecule has 22 heavy (non-hydrogen) atoms. The van der Waals surface area contributed by atoms with Crippen molar-refractivity contribution in [2.24, 2.45) is 0 Å². The van der Waals surface area contributed by atoms with Crippen LogP contribution >= 0.6 is 0 Å². The second kappa shape index (κ2) is 7.22. The number of nitrogens with one attached hydrogen (secondary N) is 2. The summed E-state index contributed by atoms with van der Waals surface area (Å²) in [5.41, 5.74) is 0.883. The first kappa shape index (κ1) is 16.2. The molecule has 0 aliphatic carbocycles. The highest BCUT2D eigenvalue weighted by Crippen LogP contribution is 2.32. The van der Waals surface area contributed by atoms with Gasteiger partial charge in [0.1, 0.15) is 5.69 Å². The number of hydrogen-bond donors (Lipinski definition) is 2. The fourth-order valence-electron chi connectivity index (χ4n) is 2.84. The Kier molecular flexibility index (Phi) is 5.32. The largest absolute Gasteiger partial charge is 0.362 e. The summed E-state index contributed by atoms with van der Waals surface area (Å²) in [6, 6.07) is 4.95. The van der Waals surface area contributed by atoms with Gasteiger partial charge in [0.05, 0.1) is 4.92 Å². The van der Waals surface area contributed by atoms with E-state index in [0.29, 0.717) is 11.3 Å². The minimum Gasteiger partial charge on any atom is -0.362 e. The van der Waals surface area contributed by atoms with Crippen LogP contribution < -0.4 is 15.5 Å². The Morgan fingerprint density at radius 3 is 2.86 bits per heavy atom. The van der Waals surface area contributed by atoms with Crippen molar-refractivity contribution in [2.75, 3.05) is 31.6 Å². The zero-order valence-electron chi connectivity index (χ0n) is 13.0. The molecule has 0 bridgehead atoms. The molecule has 2 rings (SSSR count). The molecule has 1 aromatic carbocycles. The number of carbonyl (C=O) groups is 1. The van der Waals surface area contributed by atoms with E-state index in [2.05, 4.69) is 22.5 Å². The number of nitrogens with zero attached hydrogens (tertiary/aromatic N) is 2. The highest BCUT2D eigenvalue weighted by atomic mass is 16.6. The van der Waals surface area contributed by atoms with Crippen molar-refractivity contribution in [3.63, 3.8) is 0 Å². The summed E-state index contributed by atoms with van der Waals surface area (Å²) in [5, 5.41) is 17.2. The van der Waals surface area contributed by atoms with E-state index in [1.54, 1.807) is 12.1 Å². The third kappa shape index (κ3) is 3.36. The normalized spacial score (nSPS) is 17.3. The van der Waals surface area contributed by atoms with Crippen molar-refractivity contribution in [2.45, 2.75) is 25.8 Å². The van der Waals surface area contributed by atoms with Crippen LogP contribution in [0.4, 0.5) is 11.4 Å². The van der Waals surface area contributed by atoms with E-state index in [-0.39, 0.29) is 17.6 Å². The fraction of sp³-hybridized carbons (Fsp3) is 0.533. The molecule has 0 saturated carbocycles. The van der Waals surface area contributed by atoms with Crippen molar-refractivity contribution in [1.82, 2.24) is 10.6 Å². The van der Waals surface area contributed by atoms with Gasteiger partial charge in [0.2, 0.25) is 0 Å². The topological polar surface area (TPSA) is 87.5 Å². The van der Waals surface area contributed by atoms with Crippen LogP contribution in [0.15, 0.2) is 18.2 Å². The van der Waals surface area contributed by atoms with Crippen molar-refractivity contribution in [3.8, 4) is 0 Å². The predicted octanol–water partition coefficient (Wildman–Crippen LogP) is 1.53. The molecule has 120 valence electrons. The third-order valence-corrected chi connectivity index (χ3v) is 3.91. The second-order valence-electron chi connectivity index (χ2n) is 5.38. The molecule has 0 spiro atoms.